The molecule has 0 unspecified atom stereocenters. The van der Waals surface area contributed by atoms with Crippen LogP contribution >= 0.6 is 0 Å². The average Bonchev–Trinajstić information content (AvgIpc) is 2.42. The van der Waals surface area contributed by atoms with Gasteiger partial charge in [0.05, 0.1) is 0 Å². The van der Waals surface area contributed by atoms with E-state index in [0.717, 1.165) is 38.2 Å². The van der Waals surface area contributed by atoms with Crippen LogP contribution in [0.15, 0.2) is 24.3 Å². The first-order chi connectivity index (χ1) is 9.18. The molecule has 1 fully saturated rings. The second-order valence-corrected chi connectivity index (χ2v) is 5.83. The molecule has 1 saturated heterocycles. The van der Waals surface area contributed by atoms with Crippen molar-refractivity contribution >= 4 is 0 Å². The Hall–Kier alpha value is -1.06. The van der Waals surface area contributed by atoms with Crippen LogP contribution in [0.3, 0.4) is 0 Å². The summed E-state index contributed by atoms with van der Waals surface area (Å²) in [6.45, 7) is 8.76. The van der Waals surface area contributed by atoms with Crippen molar-refractivity contribution in [1.29, 1.82) is 0 Å². The Morgan fingerprint density at radius 2 is 1.84 bits per heavy atom. The molecule has 1 atom stereocenters. The van der Waals surface area contributed by atoms with Crippen molar-refractivity contribution in [1.82, 2.24) is 10.2 Å². The Morgan fingerprint density at radius 3 is 2.47 bits per heavy atom. The van der Waals surface area contributed by atoms with Gasteiger partial charge in [-0.05, 0) is 24.8 Å². The van der Waals surface area contributed by atoms with Gasteiger partial charge in [0.2, 0.25) is 0 Å². The van der Waals surface area contributed by atoms with Crippen LogP contribution in [0.25, 0.3) is 0 Å². The maximum atomic E-state index is 10.1. The summed E-state index contributed by atoms with van der Waals surface area (Å²) in [6.07, 6.45) is 2.32. The molecule has 2 rings (SSSR count). The Morgan fingerprint density at radius 1 is 1.16 bits per heavy atom. The molecule has 1 aromatic carbocycles. The topological polar surface area (TPSA) is 35.5 Å². The zero-order valence-corrected chi connectivity index (χ0v) is 12.1. The van der Waals surface area contributed by atoms with E-state index in [1.54, 1.807) is 6.07 Å². The number of nitrogens with one attached hydrogen (secondary N) is 1. The summed E-state index contributed by atoms with van der Waals surface area (Å²) in [5.41, 5.74) is 1.09. The first kappa shape index (κ1) is 14.4. The third-order valence-electron chi connectivity index (χ3n) is 3.91. The third-order valence-corrected chi connectivity index (χ3v) is 3.91. The average molecular weight is 262 g/mol. The fourth-order valence-corrected chi connectivity index (χ4v) is 2.79. The van der Waals surface area contributed by atoms with Crippen molar-refractivity contribution in [2.75, 3.05) is 26.2 Å². The number of benzene rings is 1. The molecule has 106 valence electrons. The highest BCUT2D eigenvalue weighted by Crippen LogP contribution is 2.33. The molecule has 0 amide bonds. The minimum absolute atomic E-state index is 0.352. The molecule has 0 spiro atoms. The molecule has 1 aliphatic rings. The van der Waals surface area contributed by atoms with E-state index in [0.29, 0.717) is 17.7 Å². The van der Waals surface area contributed by atoms with E-state index in [1.807, 2.05) is 12.1 Å². The van der Waals surface area contributed by atoms with E-state index in [4.69, 9.17) is 0 Å². The van der Waals surface area contributed by atoms with Crippen molar-refractivity contribution in [2.24, 2.45) is 5.92 Å². The largest absolute Gasteiger partial charge is 0.508 e. The normalized spacial score (nSPS) is 18.7. The number of rotatable bonds is 5. The Labute approximate surface area is 116 Å². The predicted octanol–water partition coefficient (Wildman–Crippen LogP) is 2.77. The maximum absolute atomic E-state index is 10.1. The van der Waals surface area contributed by atoms with Gasteiger partial charge >= 0.3 is 0 Å². The van der Waals surface area contributed by atoms with Crippen LogP contribution in [-0.2, 0) is 0 Å². The van der Waals surface area contributed by atoms with Crippen LogP contribution in [-0.4, -0.2) is 36.2 Å². The summed E-state index contributed by atoms with van der Waals surface area (Å²) in [6, 6.07) is 8.16. The van der Waals surface area contributed by atoms with Gasteiger partial charge in [0.1, 0.15) is 5.75 Å². The molecular formula is C16H26N2O. The second-order valence-electron chi connectivity index (χ2n) is 5.83. The van der Waals surface area contributed by atoms with Crippen LogP contribution < -0.4 is 5.32 Å². The van der Waals surface area contributed by atoms with Gasteiger partial charge in [0, 0.05) is 37.8 Å². The van der Waals surface area contributed by atoms with Gasteiger partial charge in [-0.1, -0.05) is 32.0 Å². The number of nitrogens with zero attached hydrogens (tertiary/aromatic N) is 1. The van der Waals surface area contributed by atoms with E-state index < -0.39 is 0 Å². The molecule has 3 heteroatoms. The lowest BCUT2D eigenvalue weighted by molar-refractivity contribution is 0.157. The van der Waals surface area contributed by atoms with Gasteiger partial charge in [0.25, 0.3) is 0 Å². The zero-order valence-electron chi connectivity index (χ0n) is 12.1. The highest BCUT2D eigenvalue weighted by molar-refractivity contribution is 5.34. The lowest BCUT2D eigenvalue weighted by atomic mass is 9.95. The smallest absolute Gasteiger partial charge is 0.120 e. The van der Waals surface area contributed by atoms with Crippen LogP contribution in [0.4, 0.5) is 0 Å². The third kappa shape index (κ3) is 3.95. The molecule has 0 bridgehead atoms. The summed E-state index contributed by atoms with van der Waals surface area (Å²) in [7, 11) is 0. The summed E-state index contributed by atoms with van der Waals surface area (Å²) >= 11 is 0. The van der Waals surface area contributed by atoms with E-state index in [9.17, 15) is 5.11 Å². The standard InChI is InChI=1S/C16H26N2O/c1-13(2)7-8-15(18-11-9-17-10-12-18)14-5-3-4-6-16(14)19/h3-6,13,15,17,19H,7-12H2,1-2H3/t15-/m0/s1. The molecule has 1 aromatic rings. The molecule has 1 heterocycles. The van der Waals surface area contributed by atoms with Gasteiger partial charge in [-0.25, -0.2) is 0 Å². The summed E-state index contributed by atoms with van der Waals surface area (Å²) < 4.78 is 0. The van der Waals surface area contributed by atoms with Crippen LogP contribution in [0, 0.1) is 5.92 Å². The van der Waals surface area contributed by atoms with Crippen molar-refractivity contribution in [3.05, 3.63) is 29.8 Å². The molecule has 19 heavy (non-hydrogen) atoms. The number of para-hydroxylation sites is 1. The van der Waals surface area contributed by atoms with Gasteiger partial charge < -0.3 is 10.4 Å². The van der Waals surface area contributed by atoms with Crippen molar-refractivity contribution in [3.8, 4) is 5.75 Å². The molecular weight excluding hydrogens is 236 g/mol. The van der Waals surface area contributed by atoms with E-state index in [2.05, 4.69) is 30.1 Å². The van der Waals surface area contributed by atoms with Crippen LogP contribution in [0.2, 0.25) is 0 Å². The molecule has 2 N–H and O–H groups in total. The van der Waals surface area contributed by atoms with Crippen LogP contribution in [0.5, 0.6) is 5.75 Å². The first-order valence-corrected chi connectivity index (χ1v) is 7.41. The fraction of sp³-hybridized carbons (Fsp3) is 0.625. The lowest BCUT2D eigenvalue weighted by Gasteiger charge is -2.36. The number of hydrogen-bond donors (Lipinski definition) is 2. The number of aromatic hydroxyl groups is 1. The number of phenolic OH excluding ortho intramolecular Hbond substituents is 1. The van der Waals surface area contributed by atoms with Crippen molar-refractivity contribution in [2.45, 2.75) is 32.7 Å². The monoisotopic (exact) mass is 262 g/mol. The molecule has 1 aliphatic heterocycles. The van der Waals surface area contributed by atoms with Gasteiger partial charge in [-0.15, -0.1) is 0 Å². The zero-order chi connectivity index (χ0) is 13.7. The van der Waals surface area contributed by atoms with Crippen molar-refractivity contribution in [3.63, 3.8) is 0 Å². The fourth-order valence-electron chi connectivity index (χ4n) is 2.79. The second kappa shape index (κ2) is 6.92. The van der Waals surface area contributed by atoms with E-state index >= 15 is 0 Å². The van der Waals surface area contributed by atoms with Gasteiger partial charge in [0.15, 0.2) is 0 Å². The van der Waals surface area contributed by atoms with Gasteiger partial charge in [-0.3, -0.25) is 4.90 Å². The number of phenols is 1. The molecule has 3 nitrogen and oxygen atoms in total. The number of piperazine rings is 1. The van der Waals surface area contributed by atoms with Gasteiger partial charge in [-0.2, -0.15) is 0 Å². The summed E-state index contributed by atoms with van der Waals surface area (Å²) in [5.74, 6) is 1.14. The molecule has 0 aromatic heterocycles. The molecule has 0 saturated carbocycles. The van der Waals surface area contributed by atoms with E-state index in [1.165, 1.54) is 6.42 Å². The predicted molar refractivity (Wildman–Crippen MR) is 79.4 cm³/mol. The summed E-state index contributed by atoms with van der Waals surface area (Å²) in [5, 5.41) is 13.5. The number of hydrogen-bond acceptors (Lipinski definition) is 3. The quantitative estimate of drug-likeness (QED) is 0.856. The maximum Gasteiger partial charge on any atom is 0.120 e. The Balaban J connectivity index is 2.15. The van der Waals surface area contributed by atoms with Crippen molar-refractivity contribution < 1.29 is 5.11 Å². The molecule has 0 aliphatic carbocycles. The minimum Gasteiger partial charge on any atom is -0.508 e. The van der Waals surface area contributed by atoms with Crippen LogP contribution in [0.1, 0.15) is 38.3 Å². The Kier molecular flexibility index (Phi) is 5.23. The van der Waals surface area contributed by atoms with E-state index in [-0.39, 0.29) is 0 Å². The molecule has 0 radical (unpaired) electrons. The SMILES string of the molecule is CC(C)CC[C@@H](c1ccccc1O)N1CCNCC1. The highest BCUT2D eigenvalue weighted by atomic mass is 16.3. The Bertz CT molecular complexity index is 386. The first-order valence-electron chi connectivity index (χ1n) is 7.41. The highest BCUT2D eigenvalue weighted by Gasteiger charge is 2.24. The minimum atomic E-state index is 0.352. The lowest BCUT2D eigenvalue weighted by Crippen LogP contribution is -2.45. The summed E-state index contributed by atoms with van der Waals surface area (Å²) in [4.78, 5) is 2.51.